The van der Waals surface area contributed by atoms with Gasteiger partial charge in [-0.25, -0.2) is 0 Å². The van der Waals surface area contributed by atoms with E-state index in [1.807, 2.05) is 0 Å². The van der Waals surface area contributed by atoms with Gasteiger partial charge < -0.3 is 5.73 Å². The average Bonchev–Trinajstić information content (AvgIpc) is 2.78. The lowest BCUT2D eigenvalue weighted by Gasteiger charge is -2.52. The first-order valence-electron chi connectivity index (χ1n) is 6.86. The first kappa shape index (κ1) is 9.95. The van der Waals surface area contributed by atoms with Crippen LogP contribution in [0.2, 0.25) is 0 Å². The fourth-order valence-corrected chi connectivity index (χ4v) is 4.86. The summed E-state index contributed by atoms with van der Waals surface area (Å²) in [6.45, 7) is 1.22. The first-order chi connectivity index (χ1) is 8.27. The molecule has 2 heteroatoms. The fourth-order valence-electron chi connectivity index (χ4n) is 4.86. The SMILES string of the molecule is CN1CC2c3c(N)cccc3C1C1CCCC21. The van der Waals surface area contributed by atoms with Crippen molar-refractivity contribution < 1.29 is 0 Å². The zero-order valence-corrected chi connectivity index (χ0v) is 10.4. The summed E-state index contributed by atoms with van der Waals surface area (Å²) in [6.07, 6.45) is 4.27. The third-order valence-corrected chi connectivity index (χ3v) is 5.37. The van der Waals surface area contributed by atoms with Crippen LogP contribution in [0, 0.1) is 11.8 Å². The molecule has 2 heterocycles. The Kier molecular flexibility index (Phi) is 1.91. The van der Waals surface area contributed by atoms with Crippen molar-refractivity contribution in [3.63, 3.8) is 0 Å². The number of hydrogen-bond acceptors (Lipinski definition) is 2. The van der Waals surface area contributed by atoms with Crippen LogP contribution in [0.1, 0.15) is 42.3 Å². The molecule has 0 amide bonds. The van der Waals surface area contributed by atoms with Gasteiger partial charge >= 0.3 is 0 Å². The average molecular weight is 228 g/mol. The van der Waals surface area contributed by atoms with Crippen LogP contribution in [0.5, 0.6) is 0 Å². The summed E-state index contributed by atoms with van der Waals surface area (Å²) in [6, 6.07) is 7.18. The number of fused-ring (bicyclic) bond motifs is 1. The largest absolute Gasteiger partial charge is 0.398 e. The molecule has 2 aliphatic carbocycles. The van der Waals surface area contributed by atoms with E-state index in [4.69, 9.17) is 5.73 Å². The molecule has 5 rings (SSSR count). The number of rotatable bonds is 0. The van der Waals surface area contributed by atoms with Crippen LogP contribution < -0.4 is 5.73 Å². The van der Waals surface area contributed by atoms with Crippen molar-refractivity contribution in [1.82, 2.24) is 4.90 Å². The molecule has 4 aliphatic rings. The molecule has 1 aromatic carbocycles. The van der Waals surface area contributed by atoms with Gasteiger partial charge in [-0.2, -0.15) is 0 Å². The van der Waals surface area contributed by atoms with Crippen molar-refractivity contribution in [2.75, 3.05) is 19.3 Å². The Bertz CT molecular complexity index is 468. The van der Waals surface area contributed by atoms with Gasteiger partial charge in [0.15, 0.2) is 0 Å². The summed E-state index contributed by atoms with van der Waals surface area (Å²) in [5.74, 6) is 2.51. The highest BCUT2D eigenvalue weighted by atomic mass is 15.2. The summed E-state index contributed by atoms with van der Waals surface area (Å²) in [7, 11) is 2.29. The zero-order valence-electron chi connectivity index (χ0n) is 10.4. The molecule has 2 fully saturated rings. The minimum Gasteiger partial charge on any atom is -0.398 e. The molecule has 4 unspecified atom stereocenters. The van der Waals surface area contributed by atoms with Crippen LogP contribution in [0.25, 0.3) is 0 Å². The van der Waals surface area contributed by atoms with Crippen molar-refractivity contribution >= 4 is 5.69 Å². The maximum Gasteiger partial charge on any atom is 0.0379 e. The zero-order chi connectivity index (χ0) is 11.6. The Morgan fingerprint density at radius 1 is 1.24 bits per heavy atom. The molecule has 1 saturated heterocycles. The van der Waals surface area contributed by atoms with Gasteiger partial charge in [0.05, 0.1) is 0 Å². The number of nitrogen functional groups attached to an aromatic ring is 1. The normalized spacial score (nSPS) is 39.1. The molecule has 1 aromatic rings. The van der Waals surface area contributed by atoms with E-state index in [2.05, 4.69) is 30.1 Å². The first-order valence-corrected chi connectivity index (χ1v) is 6.86. The van der Waals surface area contributed by atoms with E-state index in [-0.39, 0.29) is 0 Å². The monoisotopic (exact) mass is 228 g/mol. The van der Waals surface area contributed by atoms with Gasteiger partial charge in [0, 0.05) is 24.2 Å². The highest BCUT2D eigenvalue weighted by Gasteiger charge is 2.51. The summed E-state index contributed by atoms with van der Waals surface area (Å²) in [5, 5.41) is 0. The second-order valence-electron chi connectivity index (χ2n) is 6.10. The van der Waals surface area contributed by atoms with Crippen LogP contribution in [0.15, 0.2) is 18.2 Å². The predicted molar refractivity (Wildman–Crippen MR) is 69.8 cm³/mol. The molecule has 0 spiro atoms. The van der Waals surface area contributed by atoms with Gasteiger partial charge in [0.2, 0.25) is 0 Å². The minimum absolute atomic E-state index is 0.644. The Balaban J connectivity index is 1.94. The predicted octanol–water partition coefficient (Wildman–Crippen LogP) is 2.77. The minimum atomic E-state index is 0.644. The number of nitrogens with zero attached hydrogens (tertiary/aromatic N) is 1. The second-order valence-corrected chi connectivity index (χ2v) is 6.10. The number of hydrogen-bond donors (Lipinski definition) is 1. The van der Waals surface area contributed by atoms with Gasteiger partial charge in [-0.15, -0.1) is 0 Å². The van der Waals surface area contributed by atoms with E-state index < -0.39 is 0 Å². The lowest BCUT2D eigenvalue weighted by Crippen LogP contribution is -2.48. The molecule has 4 atom stereocenters. The number of anilines is 1. The number of likely N-dealkylation sites (N-methyl/N-ethyl adjacent to an activating group) is 1. The van der Waals surface area contributed by atoms with Crippen molar-refractivity contribution in [1.29, 1.82) is 0 Å². The van der Waals surface area contributed by atoms with Crippen LogP contribution >= 0.6 is 0 Å². The lowest BCUT2D eigenvalue weighted by molar-refractivity contribution is 0.0470. The van der Waals surface area contributed by atoms with E-state index in [0.717, 1.165) is 17.5 Å². The van der Waals surface area contributed by atoms with Crippen LogP contribution in [-0.4, -0.2) is 18.5 Å². The van der Waals surface area contributed by atoms with Crippen LogP contribution in [0.3, 0.4) is 0 Å². The number of piperidine rings is 1. The smallest absolute Gasteiger partial charge is 0.0379 e. The van der Waals surface area contributed by atoms with E-state index >= 15 is 0 Å². The van der Waals surface area contributed by atoms with Crippen LogP contribution in [-0.2, 0) is 0 Å². The van der Waals surface area contributed by atoms with Crippen LogP contribution in [0.4, 0.5) is 5.69 Å². The van der Waals surface area contributed by atoms with Crippen molar-refractivity contribution in [2.45, 2.75) is 31.2 Å². The Hall–Kier alpha value is -1.02. The number of benzene rings is 1. The van der Waals surface area contributed by atoms with E-state index in [1.54, 1.807) is 0 Å². The third kappa shape index (κ3) is 1.14. The Labute approximate surface area is 103 Å². The van der Waals surface area contributed by atoms with Gasteiger partial charge in [-0.3, -0.25) is 4.90 Å². The molecule has 90 valence electrons. The highest BCUT2D eigenvalue weighted by Crippen LogP contribution is 2.59. The van der Waals surface area contributed by atoms with E-state index in [9.17, 15) is 0 Å². The molecular formula is C15H20N2. The molecule has 2 N–H and O–H groups in total. The molecular weight excluding hydrogens is 208 g/mol. The quantitative estimate of drug-likeness (QED) is 0.692. The van der Waals surface area contributed by atoms with Gasteiger partial charge in [-0.05, 0) is 48.9 Å². The molecule has 2 nitrogen and oxygen atoms in total. The van der Waals surface area contributed by atoms with E-state index in [1.165, 1.54) is 36.9 Å². The van der Waals surface area contributed by atoms with E-state index in [0.29, 0.717) is 12.0 Å². The van der Waals surface area contributed by atoms with Crippen molar-refractivity contribution in [3.8, 4) is 0 Å². The second kappa shape index (κ2) is 3.26. The third-order valence-electron chi connectivity index (χ3n) is 5.37. The summed E-state index contributed by atoms with van der Waals surface area (Å²) < 4.78 is 0. The standard InChI is InChI=1S/C15H20N2/c1-17-8-12-9-4-2-5-10(9)15(17)11-6-3-7-13(16)14(11)12/h3,6-7,9-10,12,15H,2,4-5,8,16H2,1H3. The maximum absolute atomic E-state index is 6.24. The Morgan fingerprint density at radius 3 is 2.94 bits per heavy atom. The lowest BCUT2D eigenvalue weighted by atomic mass is 9.63. The van der Waals surface area contributed by atoms with Gasteiger partial charge in [0.1, 0.15) is 0 Å². The molecule has 17 heavy (non-hydrogen) atoms. The van der Waals surface area contributed by atoms with Crippen molar-refractivity contribution in [2.24, 2.45) is 11.8 Å². The topological polar surface area (TPSA) is 29.3 Å². The highest BCUT2D eigenvalue weighted by molar-refractivity contribution is 5.57. The van der Waals surface area contributed by atoms with Crippen molar-refractivity contribution in [3.05, 3.63) is 29.3 Å². The molecule has 0 radical (unpaired) electrons. The Morgan fingerprint density at radius 2 is 2.06 bits per heavy atom. The summed E-state index contributed by atoms with van der Waals surface area (Å²) in [5.41, 5.74) is 10.3. The number of nitrogens with two attached hydrogens (primary N) is 1. The summed E-state index contributed by atoms with van der Waals surface area (Å²) in [4.78, 5) is 2.57. The van der Waals surface area contributed by atoms with Gasteiger partial charge in [0.25, 0.3) is 0 Å². The molecule has 0 aromatic heterocycles. The fraction of sp³-hybridized carbons (Fsp3) is 0.600. The maximum atomic E-state index is 6.24. The summed E-state index contributed by atoms with van der Waals surface area (Å²) >= 11 is 0. The molecule has 2 aliphatic heterocycles. The van der Waals surface area contributed by atoms with Gasteiger partial charge in [-0.1, -0.05) is 18.6 Å². The molecule has 2 bridgehead atoms. The molecule has 1 saturated carbocycles.